The molecule has 0 aliphatic carbocycles. The van der Waals surface area contributed by atoms with Gasteiger partial charge in [0.2, 0.25) is 5.78 Å². The third-order valence-corrected chi connectivity index (χ3v) is 5.82. The van der Waals surface area contributed by atoms with Crippen LogP contribution < -0.4 is 4.74 Å². The number of aromatic hydroxyl groups is 1. The number of hydrogen-bond donors (Lipinski definition) is 2. The summed E-state index contributed by atoms with van der Waals surface area (Å²) >= 11 is 0. The number of aliphatic hydroxyl groups excluding tert-OH is 1. The Bertz CT molecular complexity index is 1010. The average Bonchev–Trinajstić information content (AvgIpc) is 3.10. The number of Topliss-reactive ketones (excluding diaryl/α,β-unsaturated/α-hetero) is 1. The summed E-state index contributed by atoms with van der Waals surface area (Å²) in [5.74, 6) is 0.742. The predicted molar refractivity (Wildman–Crippen MR) is 120 cm³/mol. The monoisotopic (exact) mass is 420 g/mol. The van der Waals surface area contributed by atoms with Crippen molar-refractivity contribution in [2.24, 2.45) is 0 Å². The molecule has 31 heavy (non-hydrogen) atoms. The maximum atomic E-state index is 13.0. The predicted octanol–water partition coefficient (Wildman–Crippen LogP) is 2.98. The van der Waals surface area contributed by atoms with Crippen LogP contribution in [0, 0.1) is 6.92 Å². The van der Waals surface area contributed by atoms with E-state index in [0.717, 1.165) is 31.7 Å². The molecule has 2 aromatic rings. The zero-order valence-electron chi connectivity index (χ0n) is 17.8. The largest absolute Gasteiger partial charge is 0.507 e. The topological polar surface area (TPSA) is 73.2 Å². The Labute approximate surface area is 182 Å². The van der Waals surface area contributed by atoms with E-state index in [4.69, 9.17) is 9.84 Å². The van der Waals surface area contributed by atoms with Crippen LogP contribution in [0.25, 0.3) is 6.08 Å². The summed E-state index contributed by atoms with van der Waals surface area (Å²) in [6.07, 6.45) is 5.41. The second kappa shape index (κ2) is 9.47. The molecule has 0 aromatic heterocycles. The number of phenols is 1. The first-order valence-corrected chi connectivity index (χ1v) is 10.6. The number of benzene rings is 2. The van der Waals surface area contributed by atoms with E-state index < -0.39 is 0 Å². The minimum Gasteiger partial charge on any atom is -0.507 e. The molecule has 0 bridgehead atoms. The normalized spacial score (nSPS) is 18.6. The van der Waals surface area contributed by atoms with Crippen molar-refractivity contribution in [1.29, 1.82) is 0 Å². The van der Waals surface area contributed by atoms with Gasteiger partial charge >= 0.3 is 0 Å². The molecule has 0 amide bonds. The van der Waals surface area contributed by atoms with Crippen molar-refractivity contribution in [3.63, 3.8) is 0 Å². The van der Waals surface area contributed by atoms with Crippen LogP contribution in [-0.2, 0) is 6.54 Å². The first-order chi connectivity index (χ1) is 15.1. The van der Waals surface area contributed by atoms with Crippen LogP contribution >= 0.6 is 0 Å². The maximum absolute atomic E-state index is 13.0. The highest BCUT2D eigenvalue weighted by atomic mass is 16.5. The zero-order chi connectivity index (χ0) is 21.8. The van der Waals surface area contributed by atoms with Gasteiger partial charge < -0.3 is 14.9 Å². The van der Waals surface area contributed by atoms with E-state index in [0.29, 0.717) is 35.5 Å². The Morgan fingerprint density at radius 3 is 2.52 bits per heavy atom. The lowest BCUT2D eigenvalue weighted by atomic mass is 9.99. The molecule has 2 N–H and O–H groups in total. The van der Waals surface area contributed by atoms with Crippen molar-refractivity contribution in [1.82, 2.24) is 9.80 Å². The van der Waals surface area contributed by atoms with Crippen LogP contribution in [0.15, 0.2) is 54.3 Å². The minimum atomic E-state index is -0.153. The number of carbonyl (C=O) groups is 1. The zero-order valence-corrected chi connectivity index (χ0v) is 17.8. The molecular formula is C25H28N2O4. The third kappa shape index (κ3) is 4.71. The van der Waals surface area contributed by atoms with Crippen LogP contribution in [0.2, 0.25) is 0 Å². The fourth-order valence-electron chi connectivity index (χ4n) is 4.09. The summed E-state index contributed by atoms with van der Waals surface area (Å²) in [5.41, 5.74) is 2.94. The second-order valence-corrected chi connectivity index (χ2v) is 7.97. The molecule has 0 spiro atoms. The lowest BCUT2D eigenvalue weighted by Gasteiger charge is -2.34. The number of ether oxygens (including phenoxy) is 1. The Balaban J connectivity index is 1.53. The van der Waals surface area contributed by atoms with Crippen molar-refractivity contribution in [2.45, 2.75) is 13.5 Å². The Hall–Kier alpha value is -2.93. The Morgan fingerprint density at radius 2 is 1.81 bits per heavy atom. The van der Waals surface area contributed by atoms with Gasteiger partial charge in [0.05, 0.1) is 17.7 Å². The number of nitrogens with zero attached hydrogens (tertiary/aromatic N) is 2. The standard InChI is InChI=1S/C25H28N2O4/c1-18-16-21(29)20(17-27-12-10-26(11-13-27)14-15-28)25-23(18)24(30)22(31-25)9-5-8-19-6-3-2-4-7-19/h2-9,16,28-29H,10-15,17H2,1H3/b8-5+,22-9-. The fourth-order valence-corrected chi connectivity index (χ4v) is 4.09. The molecule has 2 aromatic carbocycles. The average molecular weight is 421 g/mol. The summed E-state index contributed by atoms with van der Waals surface area (Å²) in [6, 6.07) is 11.5. The molecule has 1 saturated heterocycles. The molecule has 4 rings (SSSR count). The van der Waals surface area contributed by atoms with Crippen LogP contribution in [0.1, 0.15) is 27.0 Å². The van der Waals surface area contributed by atoms with Gasteiger partial charge in [0, 0.05) is 39.3 Å². The number of piperazine rings is 1. The van der Waals surface area contributed by atoms with E-state index >= 15 is 0 Å². The lowest BCUT2D eigenvalue weighted by molar-refractivity contribution is 0.101. The quantitative estimate of drug-likeness (QED) is 0.700. The van der Waals surface area contributed by atoms with Gasteiger partial charge in [-0.3, -0.25) is 14.6 Å². The van der Waals surface area contributed by atoms with E-state index in [1.165, 1.54) is 0 Å². The summed E-state index contributed by atoms with van der Waals surface area (Å²) in [7, 11) is 0. The van der Waals surface area contributed by atoms with Crippen molar-refractivity contribution in [3.05, 3.63) is 76.6 Å². The van der Waals surface area contributed by atoms with Gasteiger partial charge in [-0.1, -0.05) is 42.5 Å². The molecule has 6 heteroatoms. The number of hydrogen-bond acceptors (Lipinski definition) is 6. The van der Waals surface area contributed by atoms with Gasteiger partial charge in [0.1, 0.15) is 11.5 Å². The molecule has 6 nitrogen and oxygen atoms in total. The second-order valence-electron chi connectivity index (χ2n) is 7.97. The number of β-amino-alcohol motifs (C(OH)–C–C–N with tert-alkyl or cyclic N) is 1. The van der Waals surface area contributed by atoms with Gasteiger partial charge in [-0.15, -0.1) is 0 Å². The molecule has 162 valence electrons. The van der Waals surface area contributed by atoms with Gasteiger partial charge in [0.25, 0.3) is 0 Å². The molecular weight excluding hydrogens is 392 g/mol. The van der Waals surface area contributed by atoms with E-state index in [9.17, 15) is 9.90 Å². The first kappa shape index (κ1) is 21.3. The number of allylic oxidation sites excluding steroid dienone is 3. The van der Waals surface area contributed by atoms with E-state index in [1.807, 2.05) is 49.4 Å². The molecule has 0 unspecified atom stereocenters. The van der Waals surface area contributed by atoms with Crippen LogP contribution in [-0.4, -0.2) is 65.1 Å². The van der Waals surface area contributed by atoms with Gasteiger partial charge in [0.15, 0.2) is 5.76 Å². The summed E-state index contributed by atoms with van der Waals surface area (Å²) in [6.45, 7) is 6.57. The number of rotatable bonds is 6. The highest BCUT2D eigenvalue weighted by molar-refractivity contribution is 6.14. The van der Waals surface area contributed by atoms with Crippen molar-refractivity contribution >= 4 is 11.9 Å². The molecule has 0 radical (unpaired) electrons. The van der Waals surface area contributed by atoms with E-state index in [-0.39, 0.29) is 23.9 Å². The molecule has 0 atom stereocenters. The Kier molecular flexibility index (Phi) is 6.51. The third-order valence-electron chi connectivity index (χ3n) is 5.82. The number of ketones is 1. The van der Waals surface area contributed by atoms with Gasteiger partial charge in [-0.25, -0.2) is 0 Å². The maximum Gasteiger partial charge on any atom is 0.232 e. The summed E-state index contributed by atoms with van der Waals surface area (Å²) in [5, 5.41) is 19.7. The first-order valence-electron chi connectivity index (χ1n) is 10.6. The Morgan fingerprint density at radius 1 is 1.10 bits per heavy atom. The number of aryl methyl sites for hydroxylation is 1. The molecule has 2 aliphatic heterocycles. The minimum absolute atomic E-state index is 0.153. The number of aliphatic hydroxyl groups is 1. The number of fused-ring (bicyclic) bond motifs is 1. The summed E-state index contributed by atoms with van der Waals surface area (Å²) < 4.78 is 5.98. The van der Waals surface area contributed by atoms with Crippen molar-refractivity contribution in [2.75, 3.05) is 39.3 Å². The van der Waals surface area contributed by atoms with Crippen molar-refractivity contribution < 1.29 is 19.7 Å². The number of phenolic OH excluding ortho intramolecular Hbond substituents is 1. The SMILES string of the molecule is Cc1cc(O)c(CN2CCN(CCO)CC2)c2c1C(=O)/C(=C/C=C/c1ccccc1)O2. The molecule has 2 aliphatic rings. The molecule has 2 heterocycles. The van der Waals surface area contributed by atoms with Crippen LogP contribution in [0.4, 0.5) is 0 Å². The van der Waals surface area contributed by atoms with Crippen molar-refractivity contribution in [3.8, 4) is 11.5 Å². The van der Waals surface area contributed by atoms with E-state index in [2.05, 4.69) is 9.80 Å². The highest BCUT2D eigenvalue weighted by Gasteiger charge is 2.33. The lowest BCUT2D eigenvalue weighted by Crippen LogP contribution is -2.46. The molecule has 1 fully saturated rings. The summed E-state index contributed by atoms with van der Waals surface area (Å²) in [4.78, 5) is 17.4. The van der Waals surface area contributed by atoms with E-state index in [1.54, 1.807) is 12.1 Å². The van der Waals surface area contributed by atoms with Gasteiger partial charge in [-0.05, 0) is 30.2 Å². The number of carbonyl (C=O) groups excluding carboxylic acids is 1. The van der Waals surface area contributed by atoms with Crippen LogP contribution in [0.5, 0.6) is 11.5 Å². The highest BCUT2D eigenvalue weighted by Crippen LogP contribution is 2.42. The molecule has 0 saturated carbocycles. The van der Waals surface area contributed by atoms with Gasteiger partial charge in [-0.2, -0.15) is 0 Å². The fraction of sp³-hybridized carbons (Fsp3) is 0.320. The smallest absolute Gasteiger partial charge is 0.232 e. The van der Waals surface area contributed by atoms with Crippen LogP contribution in [0.3, 0.4) is 0 Å².